The Balaban J connectivity index is 2.11. The van der Waals surface area contributed by atoms with Crippen molar-refractivity contribution in [1.82, 2.24) is 5.32 Å². The van der Waals surface area contributed by atoms with Gasteiger partial charge in [0.25, 0.3) is 0 Å². The summed E-state index contributed by atoms with van der Waals surface area (Å²) in [7, 11) is 0. The van der Waals surface area contributed by atoms with Crippen LogP contribution in [-0.4, -0.2) is 19.6 Å². The Hall–Kier alpha value is -0.730. The Morgan fingerprint density at radius 3 is 2.74 bits per heavy atom. The molecule has 3 heteroatoms. The minimum Gasteiger partial charge on any atom is -0.371 e. The zero-order chi connectivity index (χ0) is 13.7. The maximum Gasteiger partial charge on any atom is 0.0412 e. The number of anilines is 1. The fraction of sp³-hybridized carbons (Fsp3) is 0.625. The lowest BCUT2D eigenvalue weighted by molar-refractivity contribution is 0.669. The van der Waals surface area contributed by atoms with Crippen LogP contribution in [0.4, 0.5) is 5.69 Å². The molecule has 0 radical (unpaired) electrons. The highest BCUT2D eigenvalue weighted by Crippen LogP contribution is 2.33. The third kappa shape index (κ3) is 4.39. The van der Waals surface area contributed by atoms with E-state index in [1.165, 1.54) is 30.6 Å². The van der Waals surface area contributed by atoms with Gasteiger partial charge in [0, 0.05) is 30.3 Å². The molecule has 0 aromatic heterocycles. The van der Waals surface area contributed by atoms with Crippen LogP contribution in [0.3, 0.4) is 0 Å². The van der Waals surface area contributed by atoms with Crippen LogP contribution in [0.2, 0.25) is 5.02 Å². The van der Waals surface area contributed by atoms with E-state index in [0.717, 1.165) is 37.0 Å². The third-order valence-corrected chi connectivity index (χ3v) is 3.92. The first-order chi connectivity index (χ1) is 9.24. The molecule has 0 saturated heterocycles. The Kier molecular flexibility index (Phi) is 5.53. The first-order valence-electron chi connectivity index (χ1n) is 7.48. The van der Waals surface area contributed by atoms with E-state index >= 15 is 0 Å². The van der Waals surface area contributed by atoms with Crippen molar-refractivity contribution in [3.8, 4) is 0 Å². The van der Waals surface area contributed by atoms with E-state index in [-0.39, 0.29) is 0 Å². The van der Waals surface area contributed by atoms with Crippen molar-refractivity contribution >= 4 is 17.3 Å². The average molecular weight is 281 g/mol. The predicted molar refractivity (Wildman–Crippen MR) is 84.1 cm³/mol. The van der Waals surface area contributed by atoms with Crippen molar-refractivity contribution in [2.75, 3.05) is 24.5 Å². The Labute approximate surface area is 122 Å². The van der Waals surface area contributed by atoms with Crippen LogP contribution in [0.15, 0.2) is 18.2 Å². The van der Waals surface area contributed by atoms with E-state index < -0.39 is 0 Å². The summed E-state index contributed by atoms with van der Waals surface area (Å²) >= 11 is 6.15. The second kappa shape index (κ2) is 7.16. The van der Waals surface area contributed by atoms with Gasteiger partial charge in [-0.1, -0.05) is 18.5 Å². The maximum absolute atomic E-state index is 6.15. The molecule has 0 spiro atoms. The zero-order valence-corrected chi connectivity index (χ0v) is 12.8. The monoisotopic (exact) mass is 280 g/mol. The van der Waals surface area contributed by atoms with E-state index in [1.807, 2.05) is 6.07 Å². The molecule has 19 heavy (non-hydrogen) atoms. The fourth-order valence-electron chi connectivity index (χ4n) is 2.41. The van der Waals surface area contributed by atoms with Crippen LogP contribution >= 0.6 is 11.6 Å². The maximum atomic E-state index is 6.15. The second-order valence-corrected chi connectivity index (χ2v) is 5.87. The molecule has 0 bridgehead atoms. The number of nitrogens with one attached hydrogen (secondary N) is 1. The van der Waals surface area contributed by atoms with Crippen LogP contribution in [0.1, 0.15) is 38.7 Å². The molecule has 1 saturated carbocycles. The van der Waals surface area contributed by atoms with Gasteiger partial charge < -0.3 is 10.2 Å². The molecule has 2 rings (SSSR count). The quantitative estimate of drug-likeness (QED) is 0.722. The van der Waals surface area contributed by atoms with Gasteiger partial charge in [0.05, 0.1) is 0 Å². The summed E-state index contributed by atoms with van der Waals surface area (Å²) in [4.78, 5) is 2.50. The molecule has 1 N–H and O–H groups in total. The smallest absolute Gasteiger partial charge is 0.0412 e. The van der Waals surface area contributed by atoms with Crippen molar-refractivity contribution in [2.45, 2.75) is 39.7 Å². The van der Waals surface area contributed by atoms with Crippen LogP contribution < -0.4 is 10.2 Å². The van der Waals surface area contributed by atoms with Gasteiger partial charge in [-0.25, -0.2) is 0 Å². The largest absolute Gasteiger partial charge is 0.371 e. The fourth-order valence-corrected chi connectivity index (χ4v) is 2.61. The van der Waals surface area contributed by atoms with E-state index in [1.54, 1.807) is 0 Å². The molecule has 1 aromatic rings. The summed E-state index contributed by atoms with van der Waals surface area (Å²) in [5.74, 6) is 0.909. The number of hydrogen-bond donors (Lipinski definition) is 1. The van der Waals surface area contributed by atoms with Gasteiger partial charge in [0.15, 0.2) is 0 Å². The number of hydrogen-bond acceptors (Lipinski definition) is 2. The number of benzene rings is 1. The lowest BCUT2D eigenvalue weighted by atomic mass is 10.1. The summed E-state index contributed by atoms with van der Waals surface area (Å²) < 4.78 is 0. The van der Waals surface area contributed by atoms with Crippen molar-refractivity contribution in [2.24, 2.45) is 5.92 Å². The van der Waals surface area contributed by atoms with E-state index in [0.29, 0.717) is 0 Å². The highest BCUT2D eigenvalue weighted by molar-refractivity contribution is 6.30. The zero-order valence-electron chi connectivity index (χ0n) is 12.1. The highest BCUT2D eigenvalue weighted by atomic mass is 35.5. The molecule has 1 aliphatic rings. The van der Waals surface area contributed by atoms with Crippen LogP contribution in [-0.2, 0) is 6.54 Å². The molecule has 106 valence electrons. The summed E-state index contributed by atoms with van der Waals surface area (Å²) in [5, 5.41) is 4.31. The lowest BCUT2D eigenvalue weighted by Gasteiger charge is -2.26. The second-order valence-electron chi connectivity index (χ2n) is 5.43. The third-order valence-electron chi connectivity index (χ3n) is 3.68. The van der Waals surface area contributed by atoms with Gasteiger partial charge in [-0.15, -0.1) is 0 Å². The predicted octanol–water partition coefficient (Wildman–Crippen LogP) is 4.08. The molecule has 1 aromatic carbocycles. The number of rotatable bonds is 8. The van der Waals surface area contributed by atoms with Crippen molar-refractivity contribution in [3.63, 3.8) is 0 Å². The van der Waals surface area contributed by atoms with E-state index in [9.17, 15) is 0 Å². The molecule has 0 atom stereocenters. The molecule has 0 aliphatic heterocycles. The number of nitrogens with zero attached hydrogens (tertiary/aromatic N) is 1. The average Bonchev–Trinajstić information content (AvgIpc) is 3.21. The summed E-state index contributed by atoms with van der Waals surface area (Å²) in [6.45, 7) is 8.65. The molecular weight excluding hydrogens is 256 g/mol. The van der Waals surface area contributed by atoms with Gasteiger partial charge in [-0.05, 0) is 62.4 Å². The van der Waals surface area contributed by atoms with E-state index in [4.69, 9.17) is 11.6 Å². The molecule has 1 fully saturated rings. The summed E-state index contributed by atoms with van der Waals surface area (Å²) in [6, 6.07) is 6.29. The molecule has 0 unspecified atom stereocenters. The van der Waals surface area contributed by atoms with Gasteiger partial charge in [-0.3, -0.25) is 0 Å². The first-order valence-corrected chi connectivity index (χ1v) is 7.86. The molecule has 2 nitrogen and oxygen atoms in total. The van der Waals surface area contributed by atoms with Crippen molar-refractivity contribution in [3.05, 3.63) is 28.8 Å². The molecule has 1 aliphatic carbocycles. The topological polar surface area (TPSA) is 15.3 Å². The molecule has 0 heterocycles. The highest BCUT2D eigenvalue weighted by Gasteiger charge is 2.24. The normalized spacial score (nSPS) is 14.7. The minimum absolute atomic E-state index is 0.833. The van der Waals surface area contributed by atoms with Crippen LogP contribution in [0.5, 0.6) is 0 Å². The molecular formula is C16H25ClN2. The number of halogens is 1. The molecule has 0 amide bonds. The minimum atomic E-state index is 0.833. The van der Waals surface area contributed by atoms with Crippen molar-refractivity contribution < 1.29 is 0 Å². The summed E-state index contributed by atoms with van der Waals surface area (Å²) in [6.07, 6.45) is 3.95. The first kappa shape index (κ1) is 14.7. The van der Waals surface area contributed by atoms with Gasteiger partial charge in [0.2, 0.25) is 0 Å². The van der Waals surface area contributed by atoms with Gasteiger partial charge in [0.1, 0.15) is 0 Å². The van der Waals surface area contributed by atoms with E-state index in [2.05, 4.69) is 36.2 Å². The summed E-state index contributed by atoms with van der Waals surface area (Å²) in [5.41, 5.74) is 2.67. The van der Waals surface area contributed by atoms with Crippen LogP contribution in [0.25, 0.3) is 0 Å². The Morgan fingerprint density at radius 1 is 1.32 bits per heavy atom. The van der Waals surface area contributed by atoms with Gasteiger partial charge in [-0.2, -0.15) is 0 Å². The van der Waals surface area contributed by atoms with Crippen molar-refractivity contribution in [1.29, 1.82) is 0 Å². The van der Waals surface area contributed by atoms with Crippen LogP contribution in [0, 0.1) is 5.92 Å². The lowest BCUT2D eigenvalue weighted by Crippen LogP contribution is -2.27. The standard InChI is InChI=1S/C16H25ClN2/c1-3-9-18-11-14-10-15(17)7-8-16(14)19(4-2)12-13-5-6-13/h7-8,10,13,18H,3-6,9,11-12H2,1-2H3. The Bertz CT molecular complexity index is 402. The SMILES string of the molecule is CCCNCc1cc(Cl)ccc1N(CC)CC1CC1. The van der Waals surface area contributed by atoms with Gasteiger partial charge >= 0.3 is 0 Å². The Morgan fingerprint density at radius 2 is 2.11 bits per heavy atom.